The van der Waals surface area contributed by atoms with Crippen LogP contribution in [0, 0.1) is 17.8 Å². The third kappa shape index (κ3) is 4.13. The average Bonchev–Trinajstić information content (AvgIpc) is 2.94. The zero-order valence-corrected chi connectivity index (χ0v) is 11.4. The smallest absolute Gasteiger partial charge is 0.0500 e. The maximum absolute atomic E-state index is 5.84. The summed E-state index contributed by atoms with van der Waals surface area (Å²) in [5, 5.41) is 0. The van der Waals surface area contributed by atoms with Gasteiger partial charge in [-0.05, 0) is 37.0 Å². The highest BCUT2D eigenvalue weighted by Crippen LogP contribution is 2.43. The summed E-state index contributed by atoms with van der Waals surface area (Å²) < 4.78 is 5.84. The van der Waals surface area contributed by atoms with Crippen molar-refractivity contribution >= 4 is 0 Å². The molecule has 0 aromatic carbocycles. The van der Waals surface area contributed by atoms with Crippen LogP contribution in [0.25, 0.3) is 0 Å². The Bertz CT molecular complexity index is 234. The quantitative estimate of drug-likeness (QED) is 0.421. The van der Waals surface area contributed by atoms with Crippen molar-refractivity contribution in [1.29, 1.82) is 0 Å². The van der Waals surface area contributed by atoms with Crippen LogP contribution < -0.4 is 0 Å². The summed E-state index contributed by atoms with van der Waals surface area (Å²) in [7, 11) is 0. The second-order valence-electron chi connectivity index (χ2n) is 5.88. The molecule has 3 atom stereocenters. The van der Waals surface area contributed by atoms with E-state index in [0.717, 1.165) is 31.0 Å². The molecule has 0 saturated heterocycles. The monoisotopic (exact) mass is 236 g/mol. The first-order valence-corrected chi connectivity index (χ1v) is 7.66. The number of unbranched alkanes of at least 4 members (excludes halogenated alkanes) is 5. The van der Waals surface area contributed by atoms with Crippen LogP contribution in [-0.4, -0.2) is 13.2 Å². The largest absolute Gasteiger partial charge is 0.381 e. The lowest BCUT2D eigenvalue weighted by Crippen LogP contribution is -2.14. The predicted molar refractivity (Wildman–Crippen MR) is 73.0 cm³/mol. The van der Waals surface area contributed by atoms with Gasteiger partial charge in [-0.3, -0.25) is 0 Å². The van der Waals surface area contributed by atoms with Crippen LogP contribution in [-0.2, 0) is 4.74 Å². The van der Waals surface area contributed by atoms with Gasteiger partial charge in [-0.1, -0.05) is 51.2 Å². The maximum atomic E-state index is 5.84. The predicted octanol–water partition coefficient (Wildman–Crippen LogP) is 4.58. The Hall–Kier alpha value is -0.300. The number of ether oxygens (including phenoxy) is 1. The standard InChI is InChI=1S/C16H28O/c1-2-3-4-5-6-7-10-17-13-16-12-14-8-9-15(16)11-14/h8-9,14-16H,2-7,10-13H2,1H3. The Morgan fingerprint density at radius 1 is 1.00 bits per heavy atom. The van der Waals surface area contributed by atoms with Crippen molar-refractivity contribution in [1.82, 2.24) is 0 Å². The van der Waals surface area contributed by atoms with Gasteiger partial charge in [0.05, 0.1) is 0 Å². The molecule has 0 aromatic rings. The van der Waals surface area contributed by atoms with Crippen LogP contribution in [0.4, 0.5) is 0 Å². The summed E-state index contributed by atoms with van der Waals surface area (Å²) in [5.74, 6) is 2.58. The van der Waals surface area contributed by atoms with Gasteiger partial charge in [-0.2, -0.15) is 0 Å². The fraction of sp³-hybridized carbons (Fsp3) is 0.875. The molecule has 1 fully saturated rings. The third-order valence-corrected chi connectivity index (χ3v) is 4.39. The minimum absolute atomic E-state index is 0.838. The fourth-order valence-corrected chi connectivity index (χ4v) is 3.31. The molecular weight excluding hydrogens is 208 g/mol. The average molecular weight is 236 g/mol. The molecule has 0 N–H and O–H groups in total. The van der Waals surface area contributed by atoms with Crippen LogP contribution >= 0.6 is 0 Å². The molecule has 0 heterocycles. The number of allylic oxidation sites excluding steroid dienone is 2. The van der Waals surface area contributed by atoms with Crippen molar-refractivity contribution in [2.24, 2.45) is 17.8 Å². The van der Waals surface area contributed by atoms with Gasteiger partial charge in [0, 0.05) is 13.2 Å². The Kier molecular flexibility index (Phi) is 5.57. The molecule has 0 aromatic heterocycles. The van der Waals surface area contributed by atoms with E-state index in [9.17, 15) is 0 Å². The van der Waals surface area contributed by atoms with Gasteiger partial charge in [-0.25, -0.2) is 0 Å². The van der Waals surface area contributed by atoms with Crippen molar-refractivity contribution in [2.45, 2.75) is 58.3 Å². The number of rotatable bonds is 9. The SMILES string of the molecule is CCCCCCCCOCC1CC2C=CC1C2. The van der Waals surface area contributed by atoms with Gasteiger partial charge >= 0.3 is 0 Å². The van der Waals surface area contributed by atoms with Gasteiger partial charge in [-0.15, -0.1) is 0 Å². The van der Waals surface area contributed by atoms with E-state index in [2.05, 4.69) is 19.1 Å². The van der Waals surface area contributed by atoms with Gasteiger partial charge in [0.1, 0.15) is 0 Å². The molecule has 2 aliphatic rings. The van der Waals surface area contributed by atoms with Crippen LogP contribution in [0.2, 0.25) is 0 Å². The molecule has 0 spiro atoms. The first kappa shape index (κ1) is 13.1. The molecule has 17 heavy (non-hydrogen) atoms. The molecule has 3 unspecified atom stereocenters. The molecule has 2 aliphatic carbocycles. The van der Waals surface area contributed by atoms with Crippen molar-refractivity contribution in [3.8, 4) is 0 Å². The Balaban J connectivity index is 1.41. The van der Waals surface area contributed by atoms with Gasteiger partial charge < -0.3 is 4.74 Å². The highest BCUT2D eigenvalue weighted by Gasteiger charge is 2.35. The van der Waals surface area contributed by atoms with Crippen LogP contribution in [0.3, 0.4) is 0 Å². The zero-order valence-electron chi connectivity index (χ0n) is 11.4. The van der Waals surface area contributed by atoms with Crippen molar-refractivity contribution in [3.05, 3.63) is 12.2 Å². The lowest BCUT2D eigenvalue weighted by Gasteiger charge is -2.17. The molecule has 0 aliphatic heterocycles. The second kappa shape index (κ2) is 7.20. The van der Waals surface area contributed by atoms with E-state index < -0.39 is 0 Å². The fourth-order valence-electron chi connectivity index (χ4n) is 3.31. The van der Waals surface area contributed by atoms with Crippen molar-refractivity contribution in [3.63, 3.8) is 0 Å². The molecule has 1 saturated carbocycles. The minimum atomic E-state index is 0.838. The Morgan fingerprint density at radius 2 is 1.82 bits per heavy atom. The topological polar surface area (TPSA) is 9.23 Å². The number of hydrogen-bond donors (Lipinski definition) is 0. The maximum Gasteiger partial charge on any atom is 0.0500 e. The lowest BCUT2D eigenvalue weighted by molar-refractivity contribution is 0.0876. The van der Waals surface area contributed by atoms with Gasteiger partial charge in [0.2, 0.25) is 0 Å². The molecule has 0 radical (unpaired) electrons. The van der Waals surface area contributed by atoms with Gasteiger partial charge in [0.25, 0.3) is 0 Å². The van der Waals surface area contributed by atoms with E-state index in [4.69, 9.17) is 4.74 Å². The summed E-state index contributed by atoms with van der Waals surface area (Å²) in [6.07, 6.45) is 15.8. The van der Waals surface area contributed by atoms with E-state index in [1.54, 1.807) is 0 Å². The van der Waals surface area contributed by atoms with Gasteiger partial charge in [0.15, 0.2) is 0 Å². The van der Waals surface area contributed by atoms with E-state index >= 15 is 0 Å². The van der Waals surface area contributed by atoms with Crippen molar-refractivity contribution in [2.75, 3.05) is 13.2 Å². The summed E-state index contributed by atoms with van der Waals surface area (Å²) >= 11 is 0. The second-order valence-corrected chi connectivity index (χ2v) is 5.88. The molecule has 1 heteroatoms. The molecular formula is C16H28O. The van der Waals surface area contributed by atoms with Crippen LogP contribution in [0.1, 0.15) is 58.3 Å². The van der Waals surface area contributed by atoms with Crippen molar-refractivity contribution < 1.29 is 4.74 Å². The minimum Gasteiger partial charge on any atom is -0.381 e. The Morgan fingerprint density at radius 3 is 2.53 bits per heavy atom. The summed E-state index contributed by atoms with van der Waals surface area (Å²) in [5.41, 5.74) is 0. The molecule has 2 bridgehead atoms. The van der Waals surface area contributed by atoms with E-state index in [1.807, 2.05) is 0 Å². The zero-order chi connectivity index (χ0) is 11.9. The molecule has 98 valence electrons. The molecule has 0 amide bonds. The molecule has 2 rings (SSSR count). The molecule has 1 nitrogen and oxygen atoms in total. The highest BCUT2D eigenvalue weighted by molar-refractivity contribution is 5.09. The van der Waals surface area contributed by atoms with Crippen LogP contribution in [0.5, 0.6) is 0 Å². The highest BCUT2D eigenvalue weighted by atomic mass is 16.5. The number of hydrogen-bond acceptors (Lipinski definition) is 1. The first-order chi connectivity index (χ1) is 8.40. The normalized spacial score (nSPS) is 30.3. The summed E-state index contributed by atoms with van der Waals surface area (Å²) in [4.78, 5) is 0. The van der Waals surface area contributed by atoms with E-state index in [0.29, 0.717) is 0 Å². The summed E-state index contributed by atoms with van der Waals surface area (Å²) in [6, 6.07) is 0. The third-order valence-electron chi connectivity index (χ3n) is 4.39. The first-order valence-electron chi connectivity index (χ1n) is 7.66. The van der Waals surface area contributed by atoms with E-state index in [1.165, 1.54) is 51.4 Å². The van der Waals surface area contributed by atoms with Crippen LogP contribution in [0.15, 0.2) is 12.2 Å². The summed E-state index contributed by atoms with van der Waals surface area (Å²) in [6.45, 7) is 4.27. The van der Waals surface area contributed by atoms with E-state index in [-0.39, 0.29) is 0 Å². The Labute approximate surface area is 107 Å². The lowest BCUT2D eigenvalue weighted by atomic mass is 9.95. The number of fused-ring (bicyclic) bond motifs is 2.